The van der Waals surface area contributed by atoms with Crippen LogP contribution in [0.5, 0.6) is 0 Å². The van der Waals surface area contributed by atoms with Crippen LogP contribution in [0.15, 0.2) is 59.6 Å². The van der Waals surface area contributed by atoms with Crippen molar-refractivity contribution in [3.63, 3.8) is 0 Å². The van der Waals surface area contributed by atoms with E-state index in [2.05, 4.69) is 68.0 Å². The average Bonchev–Trinajstić information content (AvgIpc) is 3.63. The van der Waals surface area contributed by atoms with Crippen LogP contribution in [-0.2, 0) is 4.79 Å². The summed E-state index contributed by atoms with van der Waals surface area (Å²) in [7, 11) is 0. The first-order chi connectivity index (χ1) is 22.0. The minimum Gasteiger partial charge on any atom is -0.392 e. The van der Waals surface area contributed by atoms with Crippen molar-refractivity contribution in [1.29, 1.82) is 0 Å². The molecule has 5 rings (SSSR count). The Bertz CT molecular complexity index is 1560. The molecule has 2 N–H and O–H groups in total. The molecule has 1 unspecified atom stereocenters. The third kappa shape index (κ3) is 7.28. The van der Waals surface area contributed by atoms with Gasteiger partial charge in [0.05, 0.1) is 31.2 Å². The van der Waals surface area contributed by atoms with Gasteiger partial charge in [0.25, 0.3) is 0 Å². The van der Waals surface area contributed by atoms with Gasteiger partial charge >= 0.3 is 0 Å². The second-order valence-corrected chi connectivity index (χ2v) is 13.5. The third-order valence-electron chi connectivity index (χ3n) is 9.32. The van der Waals surface area contributed by atoms with E-state index in [1.165, 1.54) is 12.1 Å². The van der Waals surface area contributed by atoms with Crippen molar-refractivity contribution in [3.05, 3.63) is 66.1 Å². The normalized spacial score (nSPS) is 19.7. The van der Waals surface area contributed by atoms with Crippen molar-refractivity contribution in [2.75, 3.05) is 32.7 Å². The fourth-order valence-corrected chi connectivity index (χ4v) is 7.02. The van der Waals surface area contributed by atoms with Crippen molar-refractivity contribution in [1.82, 2.24) is 19.3 Å². The Balaban J connectivity index is 1.30. The summed E-state index contributed by atoms with van der Waals surface area (Å²) in [6.07, 6.45) is 1.52. The highest BCUT2D eigenvalue weighted by Crippen LogP contribution is 2.38. The number of piperazine rings is 1. The van der Waals surface area contributed by atoms with Crippen LogP contribution in [0.3, 0.4) is 0 Å². The number of aliphatic imine (C=N–C) groups is 1. The molecule has 8 nitrogen and oxygen atoms in total. The number of benzene rings is 2. The van der Waals surface area contributed by atoms with E-state index < -0.39 is 12.2 Å². The van der Waals surface area contributed by atoms with Crippen LogP contribution >= 0.6 is 0 Å². The largest absolute Gasteiger partial charge is 0.392 e. The van der Waals surface area contributed by atoms with Crippen molar-refractivity contribution in [3.8, 4) is 11.1 Å². The van der Waals surface area contributed by atoms with E-state index in [9.17, 15) is 19.4 Å². The van der Waals surface area contributed by atoms with Crippen LogP contribution in [0.4, 0.5) is 4.39 Å². The summed E-state index contributed by atoms with van der Waals surface area (Å²) >= 11 is 0. The highest BCUT2D eigenvalue weighted by atomic mass is 19.1. The molecule has 2 aromatic carbocycles. The monoisotopic (exact) mass is 631 g/mol. The Kier molecular flexibility index (Phi) is 10.8. The maximum atomic E-state index is 13.8. The van der Waals surface area contributed by atoms with E-state index >= 15 is 0 Å². The summed E-state index contributed by atoms with van der Waals surface area (Å²) in [6, 6.07) is 15.4. The summed E-state index contributed by atoms with van der Waals surface area (Å²) in [5.41, 5.74) is 3.78. The smallest absolute Gasteiger partial charge is 0.230 e. The quantitative estimate of drug-likeness (QED) is 0.289. The first-order valence-electron chi connectivity index (χ1n) is 16.7. The zero-order chi connectivity index (χ0) is 33.1. The second kappa shape index (κ2) is 14.6. The molecule has 3 aromatic rings. The number of carbonyl (C=O) groups is 1. The first kappa shape index (κ1) is 34.0. The number of aromatic nitrogens is 1. The second-order valence-electron chi connectivity index (χ2n) is 13.5. The molecule has 0 radical (unpaired) electrons. The van der Waals surface area contributed by atoms with Crippen LogP contribution < -0.4 is 0 Å². The number of aliphatic hydroxyl groups excluding tert-OH is 2. The van der Waals surface area contributed by atoms with Gasteiger partial charge in [0.15, 0.2) is 0 Å². The topological polar surface area (TPSA) is 84.5 Å². The molecule has 0 saturated carbocycles. The van der Waals surface area contributed by atoms with E-state index in [1.807, 2.05) is 18.2 Å². The zero-order valence-corrected chi connectivity index (χ0v) is 28.1. The van der Waals surface area contributed by atoms with Gasteiger partial charge in [0, 0.05) is 72.9 Å². The molecular weight excluding hydrogens is 581 g/mol. The Hall–Kier alpha value is -3.37. The number of halogens is 1. The molecule has 46 heavy (non-hydrogen) atoms. The molecule has 1 amide bonds. The molecule has 3 atom stereocenters. The lowest BCUT2D eigenvalue weighted by molar-refractivity contribution is -0.129. The third-order valence-corrected chi connectivity index (χ3v) is 9.32. The predicted molar refractivity (Wildman–Crippen MR) is 184 cm³/mol. The van der Waals surface area contributed by atoms with Gasteiger partial charge in [0.2, 0.25) is 5.91 Å². The number of para-hydroxylation sites is 1. The fourth-order valence-electron chi connectivity index (χ4n) is 7.02. The van der Waals surface area contributed by atoms with Gasteiger partial charge in [-0.05, 0) is 71.4 Å². The number of nitrogens with zero attached hydrogens (tertiary/aromatic N) is 5. The van der Waals surface area contributed by atoms with Gasteiger partial charge in [-0.25, -0.2) is 4.39 Å². The lowest BCUT2D eigenvalue weighted by Gasteiger charge is -2.46. The lowest BCUT2D eigenvalue weighted by atomic mass is 10.0. The van der Waals surface area contributed by atoms with Gasteiger partial charge in [-0.2, -0.15) is 0 Å². The van der Waals surface area contributed by atoms with Gasteiger partial charge in [-0.15, -0.1) is 0 Å². The van der Waals surface area contributed by atoms with Gasteiger partial charge in [-0.1, -0.05) is 36.4 Å². The number of rotatable bonds is 11. The van der Waals surface area contributed by atoms with Crippen molar-refractivity contribution >= 4 is 28.7 Å². The summed E-state index contributed by atoms with van der Waals surface area (Å²) in [5, 5.41) is 23.0. The molecule has 1 fully saturated rings. The molecule has 1 saturated heterocycles. The molecule has 2 aliphatic heterocycles. The summed E-state index contributed by atoms with van der Waals surface area (Å²) < 4.78 is 16.0. The SMILES string of the molecule is CC(C)N1CCN(C(C)C)C(C2=NCCN2C(=O)C[C@@H](O)C[C@@H](O)/C=C/c2c(-c3ccc(F)cc3)c3ccccc3n2C(C)C)C1. The fraction of sp³-hybridized carbons (Fsp3) is 0.514. The van der Waals surface area contributed by atoms with Crippen LogP contribution in [-0.4, -0.2) is 104 Å². The number of amides is 1. The number of amidine groups is 1. The van der Waals surface area contributed by atoms with Crippen LogP contribution in [0.25, 0.3) is 28.1 Å². The van der Waals surface area contributed by atoms with Crippen LogP contribution in [0, 0.1) is 5.82 Å². The van der Waals surface area contributed by atoms with Gasteiger partial charge < -0.3 is 14.8 Å². The first-order valence-corrected chi connectivity index (χ1v) is 16.7. The lowest BCUT2D eigenvalue weighted by Crippen LogP contribution is -2.62. The Labute approximate surface area is 272 Å². The highest BCUT2D eigenvalue weighted by molar-refractivity contribution is 6.03. The zero-order valence-electron chi connectivity index (χ0n) is 28.1. The molecule has 3 heterocycles. The minimum atomic E-state index is -1.01. The molecule has 2 aliphatic rings. The molecule has 248 valence electrons. The van der Waals surface area contributed by atoms with E-state index in [-0.39, 0.29) is 36.6 Å². The average molecular weight is 632 g/mol. The Morgan fingerprint density at radius 1 is 0.957 bits per heavy atom. The molecule has 0 bridgehead atoms. The molecule has 9 heteroatoms. The summed E-state index contributed by atoms with van der Waals surface area (Å²) in [6.45, 7) is 16.8. The number of hydrogen-bond acceptors (Lipinski definition) is 6. The summed E-state index contributed by atoms with van der Waals surface area (Å²) in [5.74, 6) is 0.337. The van der Waals surface area contributed by atoms with Crippen LogP contribution in [0.1, 0.15) is 66.1 Å². The van der Waals surface area contributed by atoms with E-state index in [0.717, 1.165) is 53.2 Å². The van der Waals surface area contributed by atoms with E-state index in [4.69, 9.17) is 4.99 Å². The number of fused-ring (bicyclic) bond motifs is 1. The number of hydrogen-bond donors (Lipinski definition) is 2. The number of carbonyl (C=O) groups excluding carboxylic acids is 1. The highest BCUT2D eigenvalue weighted by Gasteiger charge is 2.38. The Morgan fingerprint density at radius 2 is 1.67 bits per heavy atom. The number of aliphatic hydroxyl groups is 2. The minimum absolute atomic E-state index is 0.0243. The van der Waals surface area contributed by atoms with Crippen LogP contribution in [0.2, 0.25) is 0 Å². The molecular formula is C37H50FN5O3. The summed E-state index contributed by atoms with van der Waals surface area (Å²) in [4.78, 5) is 24.9. The maximum Gasteiger partial charge on any atom is 0.230 e. The van der Waals surface area contributed by atoms with Gasteiger partial charge in [0.1, 0.15) is 11.7 Å². The predicted octanol–water partition coefficient (Wildman–Crippen LogP) is 5.59. The van der Waals surface area contributed by atoms with E-state index in [0.29, 0.717) is 25.2 Å². The van der Waals surface area contributed by atoms with Crippen molar-refractivity contribution < 1.29 is 19.4 Å². The standard InChI is InChI=1S/C37H50FN5O3/c1-24(2)40-19-20-41(25(3)4)34(23-40)37-39-17-18-42(37)35(46)22-30(45)21-29(44)15-16-33-36(27-11-13-28(38)14-12-27)31-9-7-8-10-32(31)43(33)26(5)6/h7-16,24-26,29-30,34,44-45H,17-23H2,1-6H3/b16-15+/t29-,30-,34?/m0/s1. The van der Waals surface area contributed by atoms with Crippen molar-refractivity contribution in [2.45, 2.75) is 90.8 Å². The molecule has 0 spiro atoms. The Morgan fingerprint density at radius 3 is 2.35 bits per heavy atom. The molecule has 0 aliphatic carbocycles. The maximum absolute atomic E-state index is 13.8. The van der Waals surface area contributed by atoms with Gasteiger partial charge in [-0.3, -0.25) is 24.5 Å². The van der Waals surface area contributed by atoms with Crippen molar-refractivity contribution in [2.24, 2.45) is 4.99 Å². The molecule has 1 aromatic heterocycles. The van der Waals surface area contributed by atoms with E-state index in [1.54, 1.807) is 23.1 Å².